The van der Waals surface area contributed by atoms with E-state index in [1.165, 1.54) is 0 Å². The van der Waals surface area contributed by atoms with E-state index in [4.69, 9.17) is 16.6 Å². The van der Waals surface area contributed by atoms with E-state index in [1.807, 2.05) is 0 Å². The van der Waals surface area contributed by atoms with Crippen molar-refractivity contribution in [2.45, 2.75) is 12.1 Å². The van der Waals surface area contributed by atoms with Gasteiger partial charge in [0.25, 0.3) is 0 Å². The molecule has 1 aliphatic rings. The fourth-order valence-electron chi connectivity index (χ4n) is 1.48. The van der Waals surface area contributed by atoms with Gasteiger partial charge in [0.2, 0.25) is 0 Å². The normalized spacial score (nSPS) is 32.2. The third-order valence-corrected chi connectivity index (χ3v) is 2.14. The summed E-state index contributed by atoms with van der Waals surface area (Å²) in [6.07, 6.45) is -0.869. The molecular formula is C7H14N4O3. The zero-order chi connectivity index (χ0) is 10.7. The van der Waals surface area contributed by atoms with Gasteiger partial charge in [-0.15, -0.1) is 0 Å². The molecule has 0 aromatic heterocycles. The summed E-state index contributed by atoms with van der Waals surface area (Å²) in [4.78, 5) is 14.5. The van der Waals surface area contributed by atoms with Crippen molar-refractivity contribution in [2.24, 2.45) is 22.4 Å². The van der Waals surface area contributed by atoms with Crippen LogP contribution in [0.2, 0.25) is 0 Å². The van der Waals surface area contributed by atoms with Crippen LogP contribution in [-0.4, -0.2) is 47.4 Å². The molecular weight excluding hydrogens is 188 g/mol. The first kappa shape index (κ1) is 10.7. The summed E-state index contributed by atoms with van der Waals surface area (Å²) in [6, 6.07) is -0.765. The maximum Gasteiger partial charge on any atom is 0.310 e. The summed E-state index contributed by atoms with van der Waals surface area (Å²) < 4.78 is 0. The lowest BCUT2D eigenvalue weighted by Gasteiger charge is -2.30. The van der Waals surface area contributed by atoms with Gasteiger partial charge < -0.3 is 27.0 Å². The molecule has 0 spiro atoms. The fraction of sp³-hybridized carbons (Fsp3) is 0.714. The highest BCUT2D eigenvalue weighted by Crippen LogP contribution is 2.15. The van der Waals surface area contributed by atoms with Gasteiger partial charge in [-0.3, -0.25) is 4.79 Å². The van der Waals surface area contributed by atoms with Gasteiger partial charge in [-0.2, -0.15) is 0 Å². The Labute approximate surface area is 80.8 Å². The SMILES string of the molecule is NC(N)=N[C@@H]1C(O)CNCC1C(=O)O. The maximum atomic E-state index is 10.8. The number of rotatable bonds is 2. The molecule has 1 saturated heterocycles. The zero-order valence-corrected chi connectivity index (χ0v) is 7.55. The van der Waals surface area contributed by atoms with Crippen LogP contribution in [0.4, 0.5) is 0 Å². The van der Waals surface area contributed by atoms with Crippen LogP contribution in [0.3, 0.4) is 0 Å². The van der Waals surface area contributed by atoms with Crippen molar-refractivity contribution < 1.29 is 15.0 Å². The van der Waals surface area contributed by atoms with Crippen LogP contribution in [0, 0.1) is 5.92 Å². The van der Waals surface area contributed by atoms with Gasteiger partial charge >= 0.3 is 5.97 Å². The van der Waals surface area contributed by atoms with Gasteiger partial charge in [0, 0.05) is 13.1 Å². The summed E-state index contributed by atoms with van der Waals surface area (Å²) in [6.45, 7) is 0.555. The van der Waals surface area contributed by atoms with Crippen molar-refractivity contribution in [3.63, 3.8) is 0 Å². The van der Waals surface area contributed by atoms with E-state index in [0.717, 1.165) is 0 Å². The van der Waals surface area contributed by atoms with Crippen molar-refractivity contribution in [2.75, 3.05) is 13.1 Å². The number of aliphatic hydroxyl groups is 1. The predicted molar refractivity (Wildman–Crippen MR) is 49.6 cm³/mol. The number of nitrogens with two attached hydrogens (primary N) is 2. The number of hydrogen-bond donors (Lipinski definition) is 5. The van der Waals surface area contributed by atoms with Gasteiger partial charge in [-0.1, -0.05) is 0 Å². The van der Waals surface area contributed by atoms with Crippen molar-refractivity contribution >= 4 is 11.9 Å². The van der Waals surface area contributed by atoms with Crippen LogP contribution >= 0.6 is 0 Å². The molecule has 7 nitrogen and oxygen atoms in total. The van der Waals surface area contributed by atoms with Gasteiger partial charge in [0.05, 0.1) is 18.1 Å². The molecule has 0 bridgehead atoms. The Morgan fingerprint density at radius 3 is 2.57 bits per heavy atom. The number of carboxylic acids is 1. The second-order valence-corrected chi connectivity index (χ2v) is 3.21. The number of aliphatic hydroxyl groups excluding tert-OH is 1. The zero-order valence-electron chi connectivity index (χ0n) is 7.55. The number of carboxylic acid groups (broad SMARTS) is 1. The number of nitrogens with one attached hydrogen (secondary N) is 1. The Hall–Kier alpha value is -1.34. The molecule has 0 aliphatic carbocycles. The fourth-order valence-corrected chi connectivity index (χ4v) is 1.48. The number of β-amino-alcohol motifs (C(OH)–C–C–N with tert-alkyl or cyclic N) is 1. The molecule has 80 valence electrons. The average Bonchev–Trinajstić information content (AvgIpc) is 2.07. The molecule has 1 rings (SSSR count). The number of carbonyl (C=O) groups is 1. The minimum Gasteiger partial charge on any atom is -0.481 e. The second kappa shape index (κ2) is 4.25. The van der Waals surface area contributed by atoms with Crippen LogP contribution in [0.25, 0.3) is 0 Å². The minimum atomic E-state index is -1.02. The minimum absolute atomic E-state index is 0.206. The van der Waals surface area contributed by atoms with E-state index < -0.39 is 24.0 Å². The van der Waals surface area contributed by atoms with Crippen LogP contribution in [-0.2, 0) is 4.79 Å². The lowest BCUT2D eigenvalue weighted by molar-refractivity contribution is -0.144. The Morgan fingerprint density at radius 2 is 2.07 bits per heavy atom. The smallest absolute Gasteiger partial charge is 0.310 e. The molecule has 1 heterocycles. The van der Waals surface area contributed by atoms with Crippen LogP contribution in [0.15, 0.2) is 4.99 Å². The first-order chi connectivity index (χ1) is 6.52. The summed E-state index contributed by atoms with van der Waals surface area (Å²) in [5.74, 6) is -2.02. The largest absolute Gasteiger partial charge is 0.481 e. The number of guanidine groups is 1. The third-order valence-electron chi connectivity index (χ3n) is 2.14. The van der Waals surface area contributed by atoms with Crippen molar-refractivity contribution in [1.29, 1.82) is 0 Å². The van der Waals surface area contributed by atoms with Crippen LogP contribution in [0.1, 0.15) is 0 Å². The molecule has 0 amide bonds. The summed E-state index contributed by atoms with van der Waals surface area (Å²) in [5.41, 5.74) is 10.3. The Morgan fingerprint density at radius 1 is 1.43 bits per heavy atom. The van der Waals surface area contributed by atoms with E-state index in [9.17, 15) is 9.90 Å². The number of nitrogens with zero attached hydrogens (tertiary/aromatic N) is 1. The average molecular weight is 202 g/mol. The number of piperidine rings is 1. The molecule has 1 aliphatic heterocycles. The molecule has 0 radical (unpaired) electrons. The highest BCUT2D eigenvalue weighted by Gasteiger charge is 2.36. The first-order valence-corrected chi connectivity index (χ1v) is 4.22. The monoisotopic (exact) mass is 202 g/mol. The number of aliphatic imine (C=N–C) groups is 1. The molecule has 14 heavy (non-hydrogen) atoms. The van der Waals surface area contributed by atoms with Crippen LogP contribution < -0.4 is 16.8 Å². The van der Waals surface area contributed by atoms with Crippen molar-refractivity contribution in [3.8, 4) is 0 Å². The van der Waals surface area contributed by atoms with Crippen molar-refractivity contribution in [3.05, 3.63) is 0 Å². The van der Waals surface area contributed by atoms with E-state index in [0.29, 0.717) is 6.54 Å². The molecule has 2 unspecified atom stereocenters. The topological polar surface area (TPSA) is 134 Å². The van der Waals surface area contributed by atoms with Gasteiger partial charge in [-0.05, 0) is 0 Å². The van der Waals surface area contributed by atoms with Gasteiger partial charge in [0.1, 0.15) is 0 Å². The highest BCUT2D eigenvalue weighted by atomic mass is 16.4. The van der Waals surface area contributed by atoms with Gasteiger partial charge in [0.15, 0.2) is 5.96 Å². The summed E-state index contributed by atoms with van der Waals surface area (Å²) in [5, 5.41) is 21.1. The summed E-state index contributed by atoms with van der Waals surface area (Å²) in [7, 11) is 0. The molecule has 3 atom stereocenters. The Kier molecular flexibility index (Phi) is 3.26. The van der Waals surface area contributed by atoms with Crippen molar-refractivity contribution in [1.82, 2.24) is 5.32 Å². The molecule has 0 aromatic carbocycles. The van der Waals surface area contributed by atoms with E-state index in [2.05, 4.69) is 10.3 Å². The first-order valence-electron chi connectivity index (χ1n) is 4.22. The number of hydrogen-bond acceptors (Lipinski definition) is 4. The van der Waals surface area contributed by atoms with E-state index >= 15 is 0 Å². The molecule has 0 saturated carbocycles. The van der Waals surface area contributed by atoms with E-state index in [1.54, 1.807) is 0 Å². The van der Waals surface area contributed by atoms with E-state index in [-0.39, 0.29) is 12.5 Å². The Balaban J connectivity index is 2.81. The third kappa shape index (κ3) is 2.33. The molecule has 1 fully saturated rings. The standard InChI is InChI=1S/C7H14N4O3/c8-7(9)11-5-3(6(13)14)1-10-2-4(5)12/h3-5,10,12H,1-2H2,(H,13,14)(H4,8,9,11)/t3?,4?,5-/m0/s1. The van der Waals surface area contributed by atoms with Gasteiger partial charge in [-0.25, -0.2) is 4.99 Å². The second-order valence-electron chi connectivity index (χ2n) is 3.21. The molecule has 7 heteroatoms. The summed E-state index contributed by atoms with van der Waals surface area (Å²) >= 11 is 0. The lowest BCUT2D eigenvalue weighted by atomic mass is 9.92. The molecule has 0 aromatic rings. The molecule has 7 N–H and O–H groups in total. The van der Waals surface area contributed by atoms with Crippen LogP contribution in [0.5, 0.6) is 0 Å². The highest BCUT2D eigenvalue weighted by molar-refractivity contribution is 5.77. The maximum absolute atomic E-state index is 10.8. The number of aliphatic carboxylic acids is 1. The lowest BCUT2D eigenvalue weighted by Crippen LogP contribution is -2.53. The predicted octanol–water partition coefficient (Wildman–Crippen LogP) is -2.71. The quantitative estimate of drug-likeness (QED) is 0.244. The Bertz CT molecular complexity index is 251.